The van der Waals surface area contributed by atoms with Gasteiger partial charge in [-0.2, -0.15) is 0 Å². The molecule has 0 radical (unpaired) electrons. The number of fused-ring (bicyclic) bond motifs is 1. The highest BCUT2D eigenvalue weighted by atomic mass is 19.1. The molecule has 3 aromatic rings. The van der Waals surface area contributed by atoms with E-state index in [0.29, 0.717) is 29.7 Å². The molecule has 1 aromatic heterocycles. The Hall–Kier alpha value is -2.82. The molecule has 1 heterocycles. The molecule has 0 atom stereocenters. The van der Waals surface area contributed by atoms with Gasteiger partial charge in [0.05, 0.1) is 6.54 Å². The van der Waals surface area contributed by atoms with E-state index in [0.717, 1.165) is 5.75 Å². The van der Waals surface area contributed by atoms with Gasteiger partial charge >= 0.3 is 0 Å². The van der Waals surface area contributed by atoms with Crippen LogP contribution in [-0.4, -0.2) is 19.1 Å². The number of ether oxygens (including phenoxy) is 1. The second-order valence-corrected chi connectivity index (χ2v) is 5.11. The molecule has 118 valence electrons. The highest BCUT2D eigenvalue weighted by molar-refractivity contribution is 5.98. The summed E-state index contributed by atoms with van der Waals surface area (Å²) in [7, 11) is 0. The highest BCUT2D eigenvalue weighted by Gasteiger charge is 2.17. The fraction of sp³-hybridized carbons (Fsp3) is 0.167. The van der Waals surface area contributed by atoms with Gasteiger partial charge in [0.1, 0.15) is 23.8 Å². The van der Waals surface area contributed by atoms with Gasteiger partial charge in [-0.1, -0.05) is 18.2 Å². The first kappa shape index (κ1) is 15.1. The first-order valence-corrected chi connectivity index (χ1v) is 7.30. The van der Waals surface area contributed by atoms with Crippen molar-refractivity contribution in [3.05, 3.63) is 65.7 Å². The Labute approximate surface area is 132 Å². The van der Waals surface area contributed by atoms with Crippen LogP contribution < -0.4 is 10.1 Å². The van der Waals surface area contributed by atoms with Crippen molar-refractivity contribution in [3.8, 4) is 5.75 Å². The lowest BCUT2D eigenvalue weighted by Gasteiger charge is -2.06. The second kappa shape index (κ2) is 6.52. The fourth-order valence-corrected chi connectivity index (χ4v) is 2.34. The maximum Gasteiger partial charge on any atom is 0.287 e. The number of carbonyl (C=O) groups is 1. The summed E-state index contributed by atoms with van der Waals surface area (Å²) in [5.74, 6) is 0.253. The molecule has 2 aromatic carbocycles. The summed E-state index contributed by atoms with van der Waals surface area (Å²) in [5, 5.41) is 3.34. The van der Waals surface area contributed by atoms with Crippen LogP contribution >= 0.6 is 0 Å². The molecule has 4 nitrogen and oxygen atoms in total. The Kier molecular flexibility index (Phi) is 4.28. The molecule has 1 N–H and O–H groups in total. The molecule has 0 bridgehead atoms. The van der Waals surface area contributed by atoms with E-state index in [-0.39, 0.29) is 17.5 Å². The number of hydrogen-bond acceptors (Lipinski definition) is 3. The molecule has 0 saturated heterocycles. The minimum atomic E-state index is -0.357. The van der Waals surface area contributed by atoms with Gasteiger partial charge in [0.25, 0.3) is 5.91 Å². The summed E-state index contributed by atoms with van der Waals surface area (Å²) < 4.78 is 24.3. The number of halogens is 1. The van der Waals surface area contributed by atoms with E-state index >= 15 is 0 Å². The van der Waals surface area contributed by atoms with Crippen LogP contribution in [0.3, 0.4) is 0 Å². The topological polar surface area (TPSA) is 51.5 Å². The third kappa shape index (κ3) is 3.34. The zero-order valence-electron chi connectivity index (χ0n) is 12.6. The third-order valence-corrected chi connectivity index (χ3v) is 3.50. The van der Waals surface area contributed by atoms with E-state index < -0.39 is 0 Å². The molecule has 0 aliphatic rings. The predicted molar refractivity (Wildman–Crippen MR) is 85.2 cm³/mol. The van der Waals surface area contributed by atoms with E-state index in [1.165, 1.54) is 18.2 Å². The smallest absolute Gasteiger partial charge is 0.287 e. The molecule has 0 spiro atoms. The number of aryl methyl sites for hydroxylation is 1. The van der Waals surface area contributed by atoms with Crippen LogP contribution in [0.2, 0.25) is 0 Å². The monoisotopic (exact) mass is 313 g/mol. The second-order valence-electron chi connectivity index (χ2n) is 5.11. The molecule has 5 heteroatoms. The third-order valence-electron chi connectivity index (χ3n) is 3.50. The molecule has 1 amide bonds. The van der Waals surface area contributed by atoms with Gasteiger partial charge in [-0.3, -0.25) is 4.79 Å². The van der Waals surface area contributed by atoms with Gasteiger partial charge in [0.2, 0.25) is 0 Å². The molecule has 0 aliphatic carbocycles. The van der Waals surface area contributed by atoms with E-state index in [4.69, 9.17) is 9.15 Å². The first-order chi connectivity index (χ1) is 11.1. The minimum absolute atomic E-state index is 0.199. The molecule has 0 aliphatic heterocycles. The molecular weight excluding hydrogens is 297 g/mol. The molecule has 0 saturated carbocycles. The van der Waals surface area contributed by atoms with Crippen LogP contribution in [0.15, 0.2) is 52.9 Å². The summed E-state index contributed by atoms with van der Waals surface area (Å²) >= 11 is 0. The van der Waals surface area contributed by atoms with Crippen LogP contribution in [-0.2, 0) is 0 Å². The normalized spacial score (nSPS) is 10.7. The Bertz CT molecular complexity index is 827. The van der Waals surface area contributed by atoms with Crippen LogP contribution in [0.25, 0.3) is 11.0 Å². The average molecular weight is 313 g/mol. The molecule has 0 unspecified atom stereocenters. The Morgan fingerprint density at radius 2 is 2.00 bits per heavy atom. The lowest BCUT2D eigenvalue weighted by Crippen LogP contribution is -2.28. The van der Waals surface area contributed by atoms with Crippen molar-refractivity contribution in [1.29, 1.82) is 0 Å². The molecule has 0 fully saturated rings. The van der Waals surface area contributed by atoms with Crippen molar-refractivity contribution in [2.75, 3.05) is 13.2 Å². The van der Waals surface area contributed by atoms with Crippen molar-refractivity contribution < 1.29 is 18.3 Å². The summed E-state index contributed by atoms with van der Waals surface area (Å²) in [6, 6.07) is 13.5. The Morgan fingerprint density at radius 3 is 2.78 bits per heavy atom. The highest BCUT2D eigenvalue weighted by Crippen LogP contribution is 2.25. The molecule has 3 rings (SSSR count). The minimum Gasteiger partial charge on any atom is -0.492 e. The van der Waals surface area contributed by atoms with Crippen LogP contribution in [0.4, 0.5) is 4.39 Å². The number of carbonyl (C=O) groups excluding carboxylic acids is 1. The quantitative estimate of drug-likeness (QED) is 0.731. The van der Waals surface area contributed by atoms with Crippen molar-refractivity contribution in [2.24, 2.45) is 0 Å². The average Bonchev–Trinajstić information content (AvgIpc) is 2.89. The van der Waals surface area contributed by atoms with Crippen LogP contribution in [0.1, 0.15) is 16.1 Å². The van der Waals surface area contributed by atoms with Crippen molar-refractivity contribution in [3.63, 3.8) is 0 Å². The van der Waals surface area contributed by atoms with Gasteiger partial charge in [-0.15, -0.1) is 0 Å². The van der Waals surface area contributed by atoms with Gasteiger partial charge in [-0.05, 0) is 37.3 Å². The Balaban J connectivity index is 1.61. The number of hydrogen-bond donors (Lipinski definition) is 1. The van der Waals surface area contributed by atoms with E-state index in [1.54, 1.807) is 6.92 Å². The van der Waals surface area contributed by atoms with E-state index in [9.17, 15) is 9.18 Å². The van der Waals surface area contributed by atoms with Gasteiger partial charge in [0, 0.05) is 10.9 Å². The van der Waals surface area contributed by atoms with Gasteiger partial charge < -0.3 is 14.5 Å². The number of nitrogens with one attached hydrogen (secondary N) is 1. The zero-order chi connectivity index (χ0) is 16.2. The standard InChI is InChI=1S/C18H16FNO3/c1-12-15-11-13(19)7-8-16(15)23-17(12)18(21)20-9-10-22-14-5-3-2-4-6-14/h2-8,11H,9-10H2,1H3,(H,20,21). The predicted octanol–water partition coefficient (Wildman–Crippen LogP) is 3.69. The SMILES string of the molecule is Cc1c(C(=O)NCCOc2ccccc2)oc2ccc(F)cc12. The summed E-state index contributed by atoms with van der Waals surface area (Å²) in [6.45, 7) is 2.43. The van der Waals surface area contributed by atoms with Crippen LogP contribution in [0, 0.1) is 12.7 Å². The number of rotatable bonds is 5. The van der Waals surface area contributed by atoms with Gasteiger partial charge in [-0.25, -0.2) is 4.39 Å². The zero-order valence-corrected chi connectivity index (χ0v) is 12.6. The summed E-state index contributed by atoms with van der Waals surface area (Å²) in [4.78, 5) is 12.2. The number of amides is 1. The lowest BCUT2D eigenvalue weighted by atomic mass is 10.1. The van der Waals surface area contributed by atoms with Crippen molar-refractivity contribution in [2.45, 2.75) is 6.92 Å². The molecular formula is C18H16FNO3. The van der Waals surface area contributed by atoms with Crippen LogP contribution in [0.5, 0.6) is 5.75 Å². The lowest BCUT2D eigenvalue weighted by molar-refractivity contribution is 0.0920. The number of furan rings is 1. The summed E-state index contributed by atoms with van der Waals surface area (Å²) in [6.07, 6.45) is 0. The number of para-hydroxylation sites is 1. The van der Waals surface area contributed by atoms with Crippen molar-refractivity contribution in [1.82, 2.24) is 5.32 Å². The maximum atomic E-state index is 13.3. The van der Waals surface area contributed by atoms with Crippen molar-refractivity contribution >= 4 is 16.9 Å². The fourth-order valence-electron chi connectivity index (χ4n) is 2.34. The Morgan fingerprint density at radius 1 is 1.22 bits per heavy atom. The van der Waals surface area contributed by atoms with E-state index in [2.05, 4.69) is 5.32 Å². The van der Waals surface area contributed by atoms with E-state index in [1.807, 2.05) is 30.3 Å². The number of benzene rings is 2. The maximum absolute atomic E-state index is 13.3. The van der Waals surface area contributed by atoms with Gasteiger partial charge in [0.15, 0.2) is 5.76 Å². The largest absolute Gasteiger partial charge is 0.492 e. The first-order valence-electron chi connectivity index (χ1n) is 7.30. The summed E-state index contributed by atoms with van der Waals surface area (Å²) in [5.41, 5.74) is 1.12. The molecule has 23 heavy (non-hydrogen) atoms.